The quantitative estimate of drug-likeness (QED) is 0.542. The van der Waals surface area contributed by atoms with Gasteiger partial charge in [0.1, 0.15) is 11.5 Å². The fourth-order valence-corrected chi connectivity index (χ4v) is 3.75. The molecule has 0 radical (unpaired) electrons. The molecule has 3 nitrogen and oxygen atoms in total. The van der Waals surface area contributed by atoms with Gasteiger partial charge in [-0.3, -0.25) is 0 Å². The number of fused-ring (bicyclic) bond motifs is 2. The standard InChI is InChI=1S/C24H19N3/c1-24(21-13-12-17-7-3-5-9-19(17)15-21)26-22(23(25)27-24)20-11-10-16-6-2-4-8-18(16)14-20/h2-15H,1H3,(H2,25,27). The van der Waals surface area contributed by atoms with Gasteiger partial charge in [0.15, 0.2) is 5.66 Å². The summed E-state index contributed by atoms with van der Waals surface area (Å²) in [6.45, 7) is 2.01. The number of rotatable bonds is 2. The van der Waals surface area contributed by atoms with E-state index in [4.69, 9.17) is 15.7 Å². The Balaban J connectivity index is 1.61. The Morgan fingerprint density at radius 3 is 1.96 bits per heavy atom. The zero-order chi connectivity index (χ0) is 18.4. The molecule has 130 valence electrons. The van der Waals surface area contributed by atoms with Crippen molar-refractivity contribution in [2.24, 2.45) is 15.7 Å². The van der Waals surface area contributed by atoms with E-state index in [0.29, 0.717) is 5.84 Å². The van der Waals surface area contributed by atoms with Crippen molar-refractivity contribution in [2.45, 2.75) is 12.6 Å². The van der Waals surface area contributed by atoms with Gasteiger partial charge in [-0.2, -0.15) is 0 Å². The monoisotopic (exact) mass is 349 g/mol. The smallest absolute Gasteiger partial charge is 0.176 e. The van der Waals surface area contributed by atoms with Crippen molar-refractivity contribution in [2.75, 3.05) is 0 Å². The van der Waals surface area contributed by atoms with Gasteiger partial charge in [-0.25, -0.2) is 9.98 Å². The van der Waals surface area contributed by atoms with Gasteiger partial charge in [0, 0.05) is 11.1 Å². The number of amidine groups is 1. The van der Waals surface area contributed by atoms with Crippen molar-refractivity contribution in [3.63, 3.8) is 0 Å². The Hall–Kier alpha value is -3.46. The van der Waals surface area contributed by atoms with E-state index in [1.54, 1.807) is 0 Å². The second kappa shape index (κ2) is 5.78. The summed E-state index contributed by atoms with van der Waals surface area (Å²) in [7, 11) is 0. The van der Waals surface area contributed by atoms with Crippen molar-refractivity contribution in [1.82, 2.24) is 0 Å². The molecule has 0 bridgehead atoms. The zero-order valence-corrected chi connectivity index (χ0v) is 15.1. The predicted molar refractivity (Wildman–Crippen MR) is 113 cm³/mol. The van der Waals surface area contributed by atoms with Crippen LogP contribution in [0.15, 0.2) is 94.9 Å². The van der Waals surface area contributed by atoms with E-state index < -0.39 is 5.66 Å². The highest BCUT2D eigenvalue weighted by Gasteiger charge is 2.33. The molecule has 1 heterocycles. The number of benzene rings is 4. The molecule has 0 aliphatic carbocycles. The van der Waals surface area contributed by atoms with Crippen molar-refractivity contribution in [1.29, 1.82) is 0 Å². The topological polar surface area (TPSA) is 50.7 Å². The van der Waals surface area contributed by atoms with E-state index in [-0.39, 0.29) is 0 Å². The molecule has 1 atom stereocenters. The maximum absolute atomic E-state index is 6.30. The van der Waals surface area contributed by atoms with Crippen LogP contribution in [0.25, 0.3) is 21.5 Å². The Morgan fingerprint density at radius 2 is 1.26 bits per heavy atom. The van der Waals surface area contributed by atoms with Crippen LogP contribution in [0.1, 0.15) is 18.1 Å². The second-order valence-electron chi connectivity index (χ2n) is 7.10. The second-order valence-corrected chi connectivity index (χ2v) is 7.10. The molecule has 0 saturated heterocycles. The number of nitrogens with two attached hydrogens (primary N) is 1. The molecule has 0 aromatic heterocycles. The Labute approximate surface area is 157 Å². The minimum atomic E-state index is -0.699. The summed E-state index contributed by atoms with van der Waals surface area (Å²) in [5, 5.41) is 4.76. The van der Waals surface area contributed by atoms with E-state index in [1.165, 1.54) is 21.5 Å². The number of hydrogen-bond donors (Lipinski definition) is 1. The van der Waals surface area contributed by atoms with E-state index >= 15 is 0 Å². The average molecular weight is 349 g/mol. The third-order valence-corrected chi connectivity index (χ3v) is 5.23. The maximum Gasteiger partial charge on any atom is 0.176 e. The zero-order valence-electron chi connectivity index (χ0n) is 15.1. The Bertz CT molecular complexity index is 1250. The van der Waals surface area contributed by atoms with Crippen LogP contribution in [0.2, 0.25) is 0 Å². The lowest BCUT2D eigenvalue weighted by atomic mass is 9.99. The fraction of sp³-hybridized carbons (Fsp3) is 0.0833. The Kier molecular flexibility index (Phi) is 3.37. The molecule has 1 aliphatic heterocycles. The molecular formula is C24H19N3. The van der Waals surface area contributed by atoms with Gasteiger partial charge < -0.3 is 5.73 Å². The molecule has 5 rings (SSSR count). The summed E-state index contributed by atoms with van der Waals surface area (Å²) in [5.41, 5.74) is 8.40. The minimum Gasteiger partial charge on any atom is -0.382 e. The fourth-order valence-electron chi connectivity index (χ4n) is 3.75. The summed E-state index contributed by atoms with van der Waals surface area (Å²) >= 11 is 0. The molecule has 27 heavy (non-hydrogen) atoms. The third kappa shape index (κ3) is 2.59. The first-order valence-corrected chi connectivity index (χ1v) is 9.06. The van der Waals surface area contributed by atoms with Crippen LogP contribution in [0.5, 0.6) is 0 Å². The molecule has 0 saturated carbocycles. The lowest BCUT2D eigenvalue weighted by molar-refractivity contribution is 0.541. The molecule has 1 unspecified atom stereocenters. The van der Waals surface area contributed by atoms with E-state index in [1.807, 2.05) is 31.2 Å². The van der Waals surface area contributed by atoms with Crippen molar-refractivity contribution in [3.8, 4) is 0 Å². The molecule has 0 spiro atoms. The van der Waals surface area contributed by atoms with Crippen LogP contribution >= 0.6 is 0 Å². The van der Waals surface area contributed by atoms with Crippen molar-refractivity contribution >= 4 is 33.1 Å². The number of aliphatic imine (C=N–C) groups is 2. The molecule has 0 fully saturated rings. The van der Waals surface area contributed by atoms with Gasteiger partial charge in [0.25, 0.3) is 0 Å². The molecule has 1 aliphatic rings. The summed E-state index contributed by atoms with van der Waals surface area (Å²) in [4.78, 5) is 9.67. The molecular weight excluding hydrogens is 330 g/mol. The molecule has 2 N–H and O–H groups in total. The lowest BCUT2D eigenvalue weighted by Crippen LogP contribution is -2.21. The summed E-state index contributed by atoms with van der Waals surface area (Å²) in [6.07, 6.45) is 0. The van der Waals surface area contributed by atoms with Gasteiger partial charge in [-0.05, 0) is 40.6 Å². The van der Waals surface area contributed by atoms with Crippen LogP contribution < -0.4 is 5.73 Å². The Morgan fingerprint density at radius 1 is 0.667 bits per heavy atom. The first-order valence-electron chi connectivity index (χ1n) is 9.06. The summed E-state index contributed by atoms with van der Waals surface area (Å²) in [6, 6.07) is 29.3. The largest absolute Gasteiger partial charge is 0.382 e. The van der Waals surface area contributed by atoms with Crippen LogP contribution in [0, 0.1) is 0 Å². The van der Waals surface area contributed by atoms with Gasteiger partial charge in [-0.1, -0.05) is 72.8 Å². The van der Waals surface area contributed by atoms with Crippen LogP contribution in [0.4, 0.5) is 0 Å². The first kappa shape index (κ1) is 15.8. The molecule has 4 aromatic rings. The summed E-state index contributed by atoms with van der Waals surface area (Å²) < 4.78 is 0. The average Bonchev–Trinajstić information content (AvgIpc) is 3.03. The first-order chi connectivity index (χ1) is 13.1. The normalized spacial score (nSPS) is 19.3. The minimum absolute atomic E-state index is 0.487. The highest BCUT2D eigenvalue weighted by Crippen LogP contribution is 2.34. The van der Waals surface area contributed by atoms with E-state index in [2.05, 4.69) is 60.7 Å². The highest BCUT2D eigenvalue weighted by molar-refractivity contribution is 6.48. The van der Waals surface area contributed by atoms with E-state index in [9.17, 15) is 0 Å². The predicted octanol–water partition coefficient (Wildman–Crippen LogP) is 5.03. The van der Waals surface area contributed by atoms with Crippen LogP contribution in [-0.4, -0.2) is 11.5 Å². The number of nitrogens with zero attached hydrogens (tertiary/aromatic N) is 2. The van der Waals surface area contributed by atoms with Crippen molar-refractivity contribution in [3.05, 3.63) is 96.1 Å². The molecule has 0 amide bonds. The van der Waals surface area contributed by atoms with Gasteiger partial charge >= 0.3 is 0 Å². The summed E-state index contributed by atoms with van der Waals surface area (Å²) in [5.74, 6) is 0.487. The molecule has 4 aromatic carbocycles. The van der Waals surface area contributed by atoms with Crippen LogP contribution in [0.3, 0.4) is 0 Å². The number of hydrogen-bond acceptors (Lipinski definition) is 3. The van der Waals surface area contributed by atoms with Gasteiger partial charge in [0.05, 0.1) is 0 Å². The SMILES string of the molecule is CC1(c2ccc3ccccc3c2)N=C(N)C(c2ccc3ccccc3c2)=N1. The maximum atomic E-state index is 6.30. The van der Waals surface area contributed by atoms with Gasteiger partial charge in [0.2, 0.25) is 0 Å². The van der Waals surface area contributed by atoms with Gasteiger partial charge in [-0.15, -0.1) is 0 Å². The highest BCUT2D eigenvalue weighted by atomic mass is 15.2. The van der Waals surface area contributed by atoms with Crippen LogP contribution in [-0.2, 0) is 5.66 Å². The lowest BCUT2D eigenvalue weighted by Gasteiger charge is -2.18. The van der Waals surface area contributed by atoms with E-state index in [0.717, 1.165) is 16.8 Å². The molecule has 3 heteroatoms. The van der Waals surface area contributed by atoms with Crippen molar-refractivity contribution < 1.29 is 0 Å². The third-order valence-electron chi connectivity index (χ3n) is 5.23.